The van der Waals surface area contributed by atoms with Crippen molar-refractivity contribution in [2.45, 2.75) is 6.42 Å². The van der Waals surface area contributed by atoms with Gasteiger partial charge >= 0.3 is 0 Å². The molecule has 1 aromatic rings. The highest BCUT2D eigenvalue weighted by atomic mass is 19.1. The maximum Gasteiger partial charge on any atom is 0.123 e. The SMILES string of the molecule is OCC/C=C/c1cccc(F)c1. The van der Waals surface area contributed by atoms with Crippen molar-refractivity contribution in [2.24, 2.45) is 0 Å². The van der Waals surface area contributed by atoms with Crippen LogP contribution in [0.25, 0.3) is 6.08 Å². The highest BCUT2D eigenvalue weighted by Gasteiger charge is 1.88. The molecule has 0 unspecified atom stereocenters. The Kier molecular flexibility index (Phi) is 3.48. The van der Waals surface area contributed by atoms with Gasteiger partial charge in [0.2, 0.25) is 0 Å². The van der Waals surface area contributed by atoms with E-state index in [1.54, 1.807) is 12.1 Å². The maximum atomic E-state index is 12.6. The summed E-state index contributed by atoms with van der Waals surface area (Å²) in [5.41, 5.74) is 0.823. The van der Waals surface area contributed by atoms with Crippen molar-refractivity contribution in [1.29, 1.82) is 0 Å². The fourth-order valence-electron chi connectivity index (χ4n) is 0.904. The molecule has 0 radical (unpaired) electrons. The van der Waals surface area contributed by atoms with Crippen molar-refractivity contribution < 1.29 is 9.50 Å². The molecular weight excluding hydrogens is 155 g/mol. The summed E-state index contributed by atoms with van der Waals surface area (Å²) in [5, 5.41) is 8.47. The zero-order valence-corrected chi connectivity index (χ0v) is 6.70. The van der Waals surface area contributed by atoms with Crippen LogP contribution in [0.5, 0.6) is 0 Å². The summed E-state index contributed by atoms with van der Waals surface area (Å²) in [6.45, 7) is 0.131. The molecule has 0 spiro atoms. The molecule has 0 aliphatic rings. The van der Waals surface area contributed by atoms with Crippen LogP contribution in [0.4, 0.5) is 4.39 Å². The summed E-state index contributed by atoms with van der Waals surface area (Å²) in [6.07, 6.45) is 4.21. The Morgan fingerprint density at radius 2 is 2.25 bits per heavy atom. The highest BCUT2D eigenvalue weighted by Crippen LogP contribution is 2.05. The summed E-state index contributed by atoms with van der Waals surface area (Å²) in [7, 11) is 0. The van der Waals surface area contributed by atoms with E-state index in [1.165, 1.54) is 12.1 Å². The molecule has 1 aromatic carbocycles. The third-order valence-electron chi connectivity index (χ3n) is 1.45. The molecule has 0 bridgehead atoms. The van der Waals surface area contributed by atoms with Gasteiger partial charge in [-0.3, -0.25) is 0 Å². The van der Waals surface area contributed by atoms with Crippen molar-refractivity contribution in [3.63, 3.8) is 0 Å². The molecule has 0 fully saturated rings. The summed E-state index contributed by atoms with van der Waals surface area (Å²) in [6, 6.07) is 6.34. The zero-order chi connectivity index (χ0) is 8.81. The van der Waals surface area contributed by atoms with Crippen molar-refractivity contribution in [2.75, 3.05) is 6.61 Å². The molecule has 0 aliphatic carbocycles. The Hall–Kier alpha value is -1.15. The lowest BCUT2D eigenvalue weighted by Crippen LogP contribution is -1.77. The van der Waals surface area contributed by atoms with Crippen LogP contribution < -0.4 is 0 Å². The van der Waals surface area contributed by atoms with E-state index < -0.39 is 0 Å². The van der Waals surface area contributed by atoms with Crippen LogP contribution >= 0.6 is 0 Å². The molecule has 0 atom stereocenters. The van der Waals surface area contributed by atoms with Crippen molar-refractivity contribution in [3.8, 4) is 0 Å². The monoisotopic (exact) mass is 166 g/mol. The van der Waals surface area contributed by atoms with Crippen molar-refractivity contribution in [3.05, 3.63) is 41.7 Å². The second-order valence-corrected chi connectivity index (χ2v) is 2.47. The van der Waals surface area contributed by atoms with Crippen LogP contribution in [0.2, 0.25) is 0 Å². The van der Waals surface area contributed by atoms with Crippen LogP contribution in [-0.2, 0) is 0 Å². The van der Waals surface area contributed by atoms with Gasteiger partial charge in [0.15, 0.2) is 0 Å². The molecular formula is C10H11FO. The molecule has 0 heterocycles. The molecule has 64 valence electrons. The van der Waals surface area contributed by atoms with E-state index in [0.29, 0.717) is 6.42 Å². The fraction of sp³-hybridized carbons (Fsp3) is 0.200. The molecule has 12 heavy (non-hydrogen) atoms. The van der Waals surface area contributed by atoms with Gasteiger partial charge in [-0.25, -0.2) is 4.39 Å². The normalized spacial score (nSPS) is 10.8. The Labute approximate surface area is 71.2 Å². The van der Waals surface area contributed by atoms with Gasteiger partial charge in [0.1, 0.15) is 5.82 Å². The molecule has 1 N–H and O–H groups in total. The number of hydrogen-bond donors (Lipinski definition) is 1. The first-order chi connectivity index (χ1) is 5.83. The molecule has 0 saturated carbocycles. The van der Waals surface area contributed by atoms with Gasteiger partial charge in [-0.2, -0.15) is 0 Å². The first-order valence-corrected chi connectivity index (χ1v) is 3.86. The van der Waals surface area contributed by atoms with Gasteiger partial charge in [-0.1, -0.05) is 24.3 Å². The van der Waals surface area contributed by atoms with Gasteiger partial charge in [-0.15, -0.1) is 0 Å². The van der Waals surface area contributed by atoms with E-state index in [9.17, 15) is 4.39 Å². The number of rotatable bonds is 3. The fourth-order valence-corrected chi connectivity index (χ4v) is 0.904. The molecule has 0 aliphatic heterocycles. The molecule has 0 saturated heterocycles. The average molecular weight is 166 g/mol. The highest BCUT2D eigenvalue weighted by molar-refractivity contribution is 5.48. The lowest BCUT2D eigenvalue weighted by atomic mass is 10.2. The Bertz CT molecular complexity index is 268. The quantitative estimate of drug-likeness (QED) is 0.730. The van der Waals surface area contributed by atoms with Gasteiger partial charge in [0.25, 0.3) is 0 Å². The standard InChI is InChI=1S/C10H11FO/c11-10-6-3-5-9(8-10)4-1-2-7-12/h1,3-6,8,12H,2,7H2/b4-1+. The third-order valence-corrected chi connectivity index (χ3v) is 1.45. The number of halogens is 1. The Morgan fingerprint density at radius 1 is 1.42 bits per heavy atom. The second kappa shape index (κ2) is 4.67. The minimum absolute atomic E-state index is 0.131. The molecule has 0 aromatic heterocycles. The van der Waals surface area contributed by atoms with Crippen molar-refractivity contribution >= 4 is 6.08 Å². The average Bonchev–Trinajstić information content (AvgIpc) is 2.05. The molecule has 1 nitrogen and oxygen atoms in total. The van der Waals surface area contributed by atoms with Crippen LogP contribution in [0.3, 0.4) is 0 Å². The second-order valence-electron chi connectivity index (χ2n) is 2.47. The van der Waals surface area contributed by atoms with E-state index in [-0.39, 0.29) is 12.4 Å². The predicted octanol–water partition coefficient (Wildman–Crippen LogP) is 2.22. The predicted molar refractivity (Wildman–Crippen MR) is 47.1 cm³/mol. The molecule has 2 heteroatoms. The third kappa shape index (κ3) is 2.84. The minimum atomic E-state index is -0.235. The van der Waals surface area contributed by atoms with Gasteiger partial charge in [0.05, 0.1) is 0 Å². The van der Waals surface area contributed by atoms with Crippen molar-refractivity contribution in [1.82, 2.24) is 0 Å². The number of aliphatic hydroxyl groups excluding tert-OH is 1. The lowest BCUT2D eigenvalue weighted by molar-refractivity contribution is 0.303. The summed E-state index contributed by atoms with van der Waals surface area (Å²) in [5.74, 6) is -0.235. The van der Waals surface area contributed by atoms with Crippen LogP contribution in [0.15, 0.2) is 30.3 Å². The first kappa shape index (κ1) is 8.94. The first-order valence-electron chi connectivity index (χ1n) is 3.86. The number of benzene rings is 1. The number of hydrogen-bond acceptors (Lipinski definition) is 1. The maximum absolute atomic E-state index is 12.6. The summed E-state index contributed by atoms with van der Waals surface area (Å²) < 4.78 is 12.6. The Balaban J connectivity index is 2.63. The van der Waals surface area contributed by atoms with Gasteiger partial charge in [0, 0.05) is 6.61 Å². The number of aliphatic hydroxyl groups is 1. The summed E-state index contributed by atoms with van der Waals surface area (Å²) in [4.78, 5) is 0. The Morgan fingerprint density at radius 3 is 2.92 bits per heavy atom. The molecule has 1 rings (SSSR count). The van der Waals surface area contributed by atoms with Crippen LogP contribution in [-0.4, -0.2) is 11.7 Å². The topological polar surface area (TPSA) is 20.2 Å². The van der Waals surface area contributed by atoms with E-state index in [0.717, 1.165) is 5.56 Å². The van der Waals surface area contributed by atoms with Crippen LogP contribution in [0, 0.1) is 5.82 Å². The zero-order valence-electron chi connectivity index (χ0n) is 6.70. The van der Waals surface area contributed by atoms with Gasteiger partial charge in [-0.05, 0) is 24.1 Å². The smallest absolute Gasteiger partial charge is 0.123 e. The lowest BCUT2D eigenvalue weighted by Gasteiger charge is -1.92. The summed E-state index contributed by atoms with van der Waals surface area (Å²) >= 11 is 0. The van der Waals surface area contributed by atoms with E-state index in [2.05, 4.69) is 0 Å². The van der Waals surface area contributed by atoms with E-state index in [4.69, 9.17) is 5.11 Å². The van der Waals surface area contributed by atoms with E-state index in [1.807, 2.05) is 12.1 Å². The largest absolute Gasteiger partial charge is 0.396 e. The molecule has 0 amide bonds. The van der Waals surface area contributed by atoms with E-state index >= 15 is 0 Å². The van der Waals surface area contributed by atoms with Crippen LogP contribution in [0.1, 0.15) is 12.0 Å². The minimum Gasteiger partial charge on any atom is -0.396 e. The van der Waals surface area contributed by atoms with Gasteiger partial charge < -0.3 is 5.11 Å².